The molecule has 0 spiro atoms. The number of ketones is 1. The molecule has 2 atom stereocenters. The summed E-state index contributed by atoms with van der Waals surface area (Å²) in [7, 11) is 1.62. The van der Waals surface area contributed by atoms with E-state index in [2.05, 4.69) is 11.8 Å². The molecule has 0 saturated carbocycles. The molecule has 30 heavy (non-hydrogen) atoms. The topological polar surface area (TPSA) is 59.1 Å². The van der Waals surface area contributed by atoms with Crippen LogP contribution in [0.2, 0.25) is 0 Å². The van der Waals surface area contributed by atoms with Crippen LogP contribution in [0.25, 0.3) is 0 Å². The average Bonchev–Trinajstić information content (AvgIpc) is 2.73. The van der Waals surface area contributed by atoms with Crippen LogP contribution in [0, 0.1) is 11.8 Å². The zero-order chi connectivity index (χ0) is 21.7. The molecular weight excluding hydrogens is 380 g/mol. The number of nitrogens with zero attached hydrogens (tertiary/aromatic N) is 2. The number of amides is 1. The van der Waals surface area contributed by atoms with Crippen LogP contribution >= 0.6 is 0 Å². The van der Waals surface area contributed by atoms with Crippen LogP contribution in [-0.2, 0) is 14.3 Å². The number of allylic oxidation sites excluding steroid dienone is 2. The highest BCUT2D eigenvalue weighted by Gasteiger charge is 2.43. The first-order valence-corrected chi connectivity index (χ1v) is 11.0. The molecule has 6 heteroatoms. The fourth-order valence-corrected chi connectivity index (χ4v) is 4.45. The highest BCUT2D eigenvalue weighted by molar-refractivity contribution is 6.10. The van der Waals surface area contributed by atoms with E-state index in [1.807, 2.05) is 38.1 Å². The van der Waals surface area contributed by atoms with Crippen molar-refractivity contribution in [2.75, 3.05) is 40.0 Å². The number of benzene rings is 1. The number of carbonyl (C=O) groups is 2. The minimum absolute atomic E-state index is 0.108. The van der Waals surface area contributed by atoms with Crippen LogP contribution in [0.15, 0.2) is 36.0 Å². The lowest BCUT2D eigenvalue weighted by molar-refractivity contribution is -0.144. The van der Waals surface area contributed by atoms with Crippen molar-refractivity contribution in [2.45, 2.75) is 39.7 Å². The highest BCUT2D eigenvalue weighted by atomic mass is 16.5. The van der Waals surface area contributed by atoms with E-state index in [-0.39, 0.29) is 17.7 Å². The van der Waals surface area contributed by atoms with E-state index in [0.717, 1.165) is 37.2 Å². The lowest BCUT2D eigenvalue weighted by Crippen LogP contribution is -2.50. The summed E-state index contributed by atoms with van der Waals surface area (Å²) in [6, 6.07) is 7.58. The van der Waals surface area contributed by atoms with E-state index in [4.69, 9.17) is 9.47 Å². The van der Waals surface area contributed by atoms with Crippen LogP contribution < -0.4 is 4.74 Å². The third-order valence-corrected chi connectivity index (χ3v) is 6.19. The molecule has 0 N–H and O–H groups in total. The molecule has 1 amide bonds. The van der Waals surface area contributed by atoms with Gasteiger partial charge in [-0.15, -0.1) is 0 Å². The van der Waals surface area contributed by atoms with Gasteiger partial charge in [-0.2, -0.15) is 0 Å². The summed E-state index contributed by atoms with van der Waals surface area (Å²) in [4.78, 5) is 30.6. The van der Waals surface area contributed by atoms with Crippen molar-refractivity contribution in [2.24, 2.45) is 11.8 Å². The summed E-state index contributed by atoms with van der Waals surface area (Å²) in [5.74, 6) is 0.487. The Labute approximate surface area is 179 Å². The summed E-state index contributed by atoms with van der Waals surface area (Å²) in [6.45, 7) is 9.29. The van der Waals surface area contributed by atoms with E-state index in [1.165, 1.54) is 0 Å². The normalized spacial score (nSPS) is 22.2. The van der Waals surface area contributed by atoms with Gasteiger partial charge in [0, 0.05) is 25.4 Å². The second-order valence-electron chi connectivity index (χ2n) is 8.31. The van der Waals surface area contributed by atoms with Gasteiger partial charge in [0.25, 0.3) is 0 Å². The maximum absolute atomic E-state index is 13.5. The van der Waals surface area contributed by atoms with Crippen LogP contribution in [0.5, 0.6) is 5.75 Å². The molecule has 0 aromatic heterocycles. The molecule has 1 aromatic rings. The van der Waals surface area contributed by atoms with Gasteiger partial charge in [-0.1, -0.05) is 19.1 Å². The Morgan fingerprint density at radius 2 is 1.80 bits per heavy atom. The smallest absolute Gasteiger partial charge is 0.239 e. The quantitative estimate of drug-likeness (QED) is 0.610. The Hall–Kier alpha value is -2.18. The number of piperidine rings is 1. The molecule has 2 aliphatic rings. The molecule has 164 valence electrons. The van der Waals surface area contributed by atoms with Gasteiger partial charge < -0.3 is 14.4 Å². The number of hydrogen-bond donors (Lipinski definition) is 0. The zero-order valence-electron chi connectivity index (χ0n) is 18.6. The van der Waals surface area contributed by atoms with E-state index in [0.29, 0.717) is 31.4 Å². The van der Waals surface area contributed by atoms with E-state index >= 15 is 0 Å². The lowest BCUT2D eigenvalue weighted by atomic mass is 9.83. The molecule has 1 saturated heterocycles. The molecular formula is C24H34N2O4. The predicted molar refractivity (Wildman–Crippen MR) is 116 cm³/mol. The second-order valence-corrected chi connectivity index (χ2v) is 8.31. The first-order valence-electron chi connectivity index (χ1n) is 11.0. The first kappa shape index (κ1) is 22.5. The molecule has 3 rings (SSSR count). The largest absolute Gasteiger partial charge is 0.494 e. The molecule has 1 fully saturated rings. The molecule has 2 heterocycles. The molecule has 2 unspecified atom stereocenters. The van der Waals surface area contributed by atoms with Crippen LogP contribution in [0.3, 0.4) is 0 Å². The van der Waals surface area contributed by atoms with E-state index < -0.39 is 5.92 Å². The maximum Gasteiger partial charge on any atom is 0.239 e. The molecule has 6 nitrogen and oxygen atoms in total. The standard InChI is InChI=1S/C24H34N2O4/c1-5-30-20-8-6-19(7-9-20)23(25-12-10-17(2)11-13-25)22-21(27)16-18(3)26(24(22)28)14-15-29-4/h6-9,16-17,22-23H,5,10-15H2,1-4H3. The summed E-state index contributed by atoms with van der Waals surface area (Å²) < 4.78 is 10.8. The monoisotopic (exact) mass is 414 g/mol. The summed E-state index contributed by atoms with van der Waals surface area (Å²) in [5.41, 5.74) is 1.68. The number of carbonyl (C=O) groups excluding carboxylic acids is 2. The lowest BCUT2D eigenvalue weighted by Gasteiger charge is -2.42. The zero-order valence-corrected chi connectivity index (χ0v) is 18.6. The third kappa shape index (κ3) is 4.93. The molecule has 0 radical (unpaired) electrons. The van der Waals surface area contributed by atoms with Crippen molar-refractivity contribution in [3.05, 3.63) is 41.6 Å². The first-order chi connectivity index (χ1) is 14.5. The van der Waals surface area contributed by atoms with Gasteiger partial charge in [0.15, 0.2) is 5.78 Å². The minimum atomic E-state index is -0.739. The number of hydrogen-bond acceptors (Lipinski definition) is 5. The van der Waals surface area contributed by atoms with Gasteiger partial charge in [0.05, 0.1) is 19.3 Å². The van der Waals surface area contributed by atoms with Crippen molar-refractivity contribution in [1.82, 2.24) is 9.80 Å². The summed E-state index contributed by atoms with van der Waals surface area (Å²) >= 11 is 0. The van der Waals surface area contributed by atoms with Crippen LogP contribution in [-0.4, -0.2) is 61.4 Å². The third-order valence-electron chi connectivity index (χ3n) is 6.19. The number of ether oxygens (including phenoxy) is 2. The number of methoxy groups -OCH3 is 1. The summed E-state index contributed by atoms with van der Waals surface area (Å²) in [6.07, 6.45) is 3.77. The van der Waals surface area contributed by atoms with Gasteiger partial charge in [-0.25, -0.2) is 0 Å². The summed E-state index contributed by atoms with van der Waals surface area (Å²) in [5, 5.41) is 0. The Morgan fingerprint density at radius 1 is 1.13 bits per heavy atom. The fourth-order valence-electron chi connectivity index (χ4n) is 4.45. The Balaban J connectivity index is 1.96. The van der Waals surface area contributed by atoms with Crippen molar-refractivity contribution >= 4 is 11.7 Å². The van der Waals surface area contributed by atoms with Gasteiger partial charge in [0.2, 0.25) is 5.91 Å². The Kier molecular flexibility index (Phi) is 7.67. The molecule has 2 aliphatic heterocycles. The van der Waals surface area contributed by atoms with E-state index in [1.54, 1.807) is 18.1 Å². The fraction of sp³-hybridized carbons (Fsp3) is 0.583. The Morgan fingerprint density at radius 3 is 2.40 bits per heavy atom. The molecule has 0 aliphatic carbocycles. The van der Waals surface area contributed by atoms with Gasteiger partial charge in [-0.05, 0) is 63.4 Å². The average molecular weight is 415 g/mol. The Bertz CT molecular complexity index is 766. The van der Waals surface area contributed by atoms with Crippen molar-refractivity contribution < 1.29 is 19.1 Å². The highest BCUT2D eigenvalue weighted by Crippen LogP contribution is 2.37. The van der Waals surface area contributed by atoms with Crippen molar-refractivity contribution in [1.29, 1.82) is 0 Å². The van der Waals surface area contributed by atoms with Gasteiger partial charge >= 0.3 is 0 Å². The minimum Gasteiger partial charge on any atom is -0.494 e. The molecule has 1 aromatic carbocycles. The molecule has 0 bridgehead atoms. The van der Waals surface area contributed by atoms with Crippen LogP contribution in [0.4, 0.5) is 0 Å². The van der Waals surface area contributed by atoms with Gasteiger partial charge in [0.1, 0.15) is 11.7 Å². The second kappa shape index (κ2) is 10.2. The number of likely N-dealkylation sites (tertiary alicyclic amines) is 1. The van der Waals surface area contributed by atoms with Crippen molar-refractivity contribution in [3.8, 4) is 5.75 Å². The van der Waals surface area contributed by atoms with E-state index in [9.17, 15) is 9.59 Å². The number of rotatable bonds is 8. The predicted octanol–water partition coefficient (Wildman–Crippen LogP) is 3.44. The maximum atomic E-state index is 13.5. The van der Waals surface area contributed by atoms with Gasteiger partial charge in [-0.3, -0.25) is 14.5 Å². The SMILES string of the molecule is CCOc1ccc(C(C2C(=O)C=C(C)N(CCOC)C2=O)N2CCC(C)CC2)cc1. The van der Waals surface area contributed by atoms with Crippen molar-refractivity contribution in [3.63, 3.8) is 0 Å². The van der Waals surface area contributed by atoms with Crippen LogP contribution in [0.1, 0.15) is 45.2 Å².